The number of amides is 1. The molecule has 0 aliphatic heterocycles. The highest BCUT2D eigenvalue weighted by Gasteiger charge is 2.12. The van der Waals surface area contributed by atoms with Crippen molar-refractivity contribution in [1.29, 1.82) is 0 Å². The lowest BCUT2D eigenvalue weighted by molar-refractivity contribution is 0.102. The fourth-order valence-corrected chi connectivity index (χ4v) is 1.40. The van der Waals surface area contributed by atoms with Crippen LogP contribution in [0.5, 0.6) is 0 Å². The number of carbonyl (C=O) groups is 1. The second kappa shape index (κ2) is 6.09. The molecule has 0 atom stereocenters. The van der Waals surface area contributed by atoms with Gasteiger partial charge in [-0.25, -0.2) is 9.97 Å². The standard InChI is InChI=1S/C12H16N6O2/c1-4-9-16-12(20-18-9)17-10(19)8-5-13-11(14-6-8)15-7(2)3/h5-7H,4H2,1-3H3,(H,13,14,15)(H,16,17,18,19). The first kappa shape index (κ1) is 13.9. The molecular formula is C12H16N6O2. The zero-order chi connectivity index (χ0) is 14.5. The Balaban J connectivity index is 2.01. The molecule has 8 nitrogen and oxygen atoms in total. The predicted molar refractivity (Wildman–Crippen MR) is 72.4 cm³/mol. The van der Waals surface area contributed by atoms with E-state index in [-0.39, 0.29) is 12.1 Å². The number of nitrogens with one attached hydrogen (secondary N) is 2. The van der Waals surface area contributed by atoms with E-state index in [0.29, 0.717) is 23.8 Å². The number of hydrogen-bond acceptors (Lipinski definition) is 7. The van der Waals surface area contributed by atoms with E-state index in [1.807, 2.05) is 20.8 Å². The number of hydrogen-bond donors (Lipinski definition) is 2. The molecule has 0 fully saturated rings. The second-order valence-electron chi connectivity index (χ2n) is 4.42. The molecule has 0 spiro atoms. The van der Waals surface area contributed by atoms with Crippen LogP contribution in [-0.4, -0.2) is 32.1 Å². The van der Waals surface area contributed by atoms with Gasteiger partial charge < -0.3 is 9.84 Å². The summed E-state index contributed by atoms with van der Waals surface area (Å²) in [6.07, 6.45) is 3.51. The van der Waals surface area contributed by atoms with Crippen molar-refractivity contribution in [2.75, 3.05) is 10.6 Å². The highest BCUT2D eigenvalue weighted by molar-refractivity contribution is 6.02. The molecule has 2 aromatic heterocycles. The minimum Gasteiger partial charge on any atom is -0.352 e. The molecule has 106 valence electrons. The summed E-state index contributed by atoms with van der Waals surface area (Å²) in [6, 6.07) is 0.289. The fraction of sp³-hybridized carbons (Fsp3) is 0.417. The number of anilines is 2. The van der Waals surface area contributed by atoms with Crippen molar-refractivity contribution in [1.82, 2.24) is 20.1 Å². The van der Waals surface area contributed by atoms with Gasteiger partial charge in [0.05, 0.1) is 5.56 Å². The first-order valence-corrected chi connectivity index (χ1v) is 6.31. The molecule has 0 unspecified atom stereocenters. The molecule has 20 heavy (non-hydrogen) atoms. The Bertz CT molecular complexity index is 578. The number of carbonyl (C=O) groups excluding carboxylic acids is 1. The molecule has 8 heteroatoms. The van der Waals surface area contributed by atoms with Crippen molar-refractivity contribution in [3.63, 3.8) is 0 Å². The van der Waals surface area contributed by atoms with Gasteiger partial charge >= 0.3 is 6.01 Å². The average Bonchev–Trinajstić information content (AvgIpc) is 2.86. The van der Waals surface area contributed by atoms with Crippen LogP contribution in [-0.2, 0) is 6.42 Å². The van der Waals surface area contributed by atoms with Gasteiger partial charge in [-0.15, -0.1) is 0 Å². The maximum Gasteiger partial charge on any atom is 0.328 e. The van der Waals surface area contributed by atoms with Gasteiger partial charge in [0, 0.05) is 24.9 Å². The summed E-state index contributed by atoms with van der Waals surface area (Å²) in [5.74, 6) is 0.614. The van der Waals surface area contributed by atoms with Gasteiger partial charge in [-0.2, -0.15) is 4.98 Å². The summed E-state index contributed by atoms with van der Waals surface area (Å²) < 4.78 is 4.88. The van der Waals surface area contributed by atoms with Gasteiger partial charge in [0.25, 0.3) is 5.91 Å². The monoisotopic (exact) mass is 276 g/mol. The maximum atomic E-state index is 11.9. The fourth-order valence-electron chi connectivity index (χ4n) is 1.40. The van der Waals surface area contributed by atoms with E-state index < -0.39 is 5.91 Å². The van der Waals surface area contributed by atoms with Crippen LogP contribution in [0.25, 0.3) is 0 Å². The van der Waals surface area contributed by atoms with E-state index in [2.05, 4.69) is 30.7 Å². The van der Waals surface area contributed by atoms with Crippen molar-refractivity contribution in [3.05, 3.63) is 23.8 Å². The Labute approximate surface area is 116 Å². The zero-order valence-electron chi connectivity index (χ0n) is 11.5. The van der Waals surface area contributed by atoms with Gasteiger partial charge in [-0.05, 0) is 13.8 Å². The number of aromatic nitrogens is 4. The molecule has 0 radical (unpaired) electrons. The molecule has 0 aliphatic carbocycles. The van der Waals surface area contributed by atoms with Crippen LogP contribution in [0, 0.1) is 0 Å². The van der Waals surface area contributed by atoms with Crippen LogP contribution < -0.4 is 10.6 Å². The third-order valence-electron chi connectivity index (χ3n) is 2.34. The Hall–Kier alpha value is -2.51. The maximum absolute atomic E-state index is 11.9. The lowest BCUT2D eigenvalue weighted by Crippen LogP contribution is -2.15. The van der Waals surface area contributed by atoms with Crippen molar-refractivity contribution >= 4 is 17.9 Å². The molecule has 2 aromatic rings. The SMILES string of the molecule is CCc1noc(NC(=O)c2cnc(NC(C)C)nc2)n1. The zero-order valence-corrected chi connectivity index (χ0v) is 11.5. The average molecular weight is 276 g/mol. The van der Waals surface area contributed by atoms with E-state index in [9.17, 15) is 4.79 Å². The Morgan fingerprint density at radius 3 is 2.60 bits per heavy atom. The van der Waals surface area contributed by atoms with E-state index in [1.54, 1.807) is 0 Å². The van der Waals surface area contributed by atoms with Gasteiger partial charge in [0.2, 0.25) is 5.95 Å². The van der Waals surface area contributed by atoms with Gasteiger partial charge in [-0.1, -0.05) is 12.1 Å². The van der Waals surface area contributed by atoms with Crippen LogP contribution in [0.2, 0.25) is 0 Å². The molecule has 2 rings (SSSR count). The van der Waals surface area contributed by atoms with E-state index >= 15 is 0 Å². The van der Waals surface area contributed by atoms with Crippen LogP contribution in [0.3, 0.4) is 0 Å². The van der Waals surface area contributed by atoms with Crippen molar-refractivity contribution in [3.8, 4) is 0 Å². The summed E-state index contributed by atoms with van der Waals surface area (Å²) >= 11 is 0. The third kappa shape index (κ3) is 3.50. The van der Waals surface area contributed by atoms with Crippen LogP contribution in [0.4, 0.5) is 12.0 Å². The Morgan fingerprint density at radius 2 is 2.05 bits per heavy atom. The molecular weight excluding hydrogens is 260 g/mol. The molecule has 0 aromatic carbocycles. The minimum atomic E-state index is -0.396. The van der Waals surface area contributed by atoms with E-state index in [4.69, 9.17) is 4.52 Å². The van der Waals surface area contributed by atoms with Crippen LogP contribution in [0.1, 0.15) is 37.0 Å². The minimum absolute atomic E-state index is 0.0660. The van der Waals surface area contributed by atoms with Crippen molar-refractivity contribution in [2.45, 2.75) is 33.2 Å². The van der Waals surface area contributed by atoms with Gasteiger partial charge in [0.1, 0.15) is 0 Å². The molecule has 2 N–H and O–H groups in total. The second-order valence-corrected chi connectivity index (χ2v) is 4.42. The van der Waals surface area contributed by atoms with Crippen molar-refractivity contribution in [2.24, 2.45) is 0 Å². The summed E-state index contributed by atoms with van der Waals surface area (Å²) in [5.41, 5.74) is 0.315. The molecule has 0 bridgehead atoms. The topological polar surface area (TPSA) is 106 Å². The molecule has 0 saturated heterocycles. The third-order valence-corrected chi connectivity index (χ3v) is 2.34. The number of nitrogens with zero attached hydrogens (tertiary/aromatic N) is 4. The predicted octanol–water partition coefficient (Wildman–Crippen LogP) is 1.49. The van der Waals surface area contributed by atoms with E-state index in [0.717, 1.165) is 0 Å². The first-order chi connectivity index (χ1) is 9.58. The summed E-state index contributed by atoms with van der Waals surface area (Å²) in [5, 5.41) is 9.22. The summed E-state index contributed by atoms with van der Waals surface area (Å²) in [7, 11) is 0. The largest absolute Gasteiger partial charge is 0.352 e. The Kier molecular flexibility index (Phi) is 4.24. The normalized spacial score (nSPS) is 10.6. The Morgan fingerprint density at radius 1 is 1.35 bits per heavy atom. The highest BCUT2D eigenvalue weighted by Crippen LogP contribution is 2.07. The lowest BCUT2D eigenvalue weighted by atomic mass is 10.3. The number of aryl methyl sites for hydroxylation is 1. The van der Waals surface area contributed by atoms with Crippen LogP contribution >= 0.6 is 0 Å². The smallest absolute Gasteiger partial charge is 0.328 e. The molecule has 2 heterocycles. The molecule has 1 amide bonds. The van der Waals surface area contributed by atoms with E-state index in [1.165, 1.54) is 12.4 Å². The first-order valence-electron chi connectivity index (χ1n) is 6.31. The molecule has 0 saturated carbocycles. The quantitative estimate of drug-likeness (QED) is 0.852. The summed E-state index contributed by atoms with van der Waals surface area (Å²) in [6.45, 7) is 5.85. The van der Waals surface area contributed by atoms with Crippen molar-refractivity contribution < 1.29 is 9.32 Å². The number of rotatable bonds is 5. The van der Waals surface area contributed by atoms with Gasteiger partial charge in [-0.3, -0.25) is 10.1 Å². The molecule has 0 aliphatic rings. The summed E-state index contributed by atoms with van der Waals surface area (Å²) in [4.78, 5) is 24.0. The lowest BCUT2D eigenvalue weighted by Gasteiger charge is -2.07. The highest BCUT2D eigenvalue weighted by atomic mass is 16.5. The van der Waals surface area contributed by atoms with Gasteiger partial charge in [0.15, 0.2) is 5.82 Å². The van der Waals surface area contributed by atoms with Crippen LogP contribution in [0.15, 0.2) is 16.9 Å².